The van der Waals surface area contributed by atoms with Crippen molar-refractivity contribution >= 4 is 23.2 Å². The molecular weight excluding hydrogens is 321 g/mol. The Morgan fingerprint density at radius 2 is 1.72 bits per heavy atom. The second kappa shape index (κ2) is 8.82. The Morgan fingerprint density at radius 3 is 2.40 bits per heavy atom. The van der Waals surface area contributed by atoms with E-state index >= 15 is 0 Å². The van der Waals surface area contributed by atoms with E-state index in [0.717, 1.165) is 16.8 Å². The highest BCUT2D eigenvalue weighted by molar-refractivity contribution is 5.91. The molecule has 2 rings (SSSR count). The molecule has 0 aliphatic heterocycles. The van der Waals surface area contributed by atoms with Crippen LogP contribution in [0.15, 0.2) is 42.5 Å². The molecule has 2 aromatic rings. The first-order valence-corrected chi connectivity index (χ1v) is 8.08. The summed E-state index contributed by atoms with van der Waals surface area (Å²) in [4.78, 5) is 23.1. The molecule has 0 atom stereocenters. The highest BCUT2D eigenvalue weighted by atomic mass is 19.1. The third-order valence-corrected chi connectivity index (χ3v) is 3.73. The fraction of sp³-hybridized carbons (Fsp3) is 0.263. The first-order chi connectivity index (χ1) is 12.0. The molecule has 0 heterocycles. The summed E-state index contributed by atoms with van der Waals surface area (Å²) in [6.45, 7) is 3.94. The summed E-state index contributed by atoms with van der Waals surface area (Å²) < 4.78 is 12.8. The van der Waals surface area contributed by atoms with Crippen LogP contribution in [0.25, 0.3) is 0 Å². The Bertz CT molecular complexity index is 745. The molecule has 0 spiro atoms. The molecule has 0 unspecified atom stereocenters. The largest absolute Gasteiger partial charge is 0.376 e. The van der Waals surface area contributed by atoms with Crippen molar-refractivity contribution in [2.24, 2.45) is 0 Å². The van der Waals surface area contributed by atoms with Gasteiger partial charge in [0.05, 0.1) is 6.54 Å². The summed E-state index contributed by atoms with van der Waals surface area (Å²) in [5.41, 5.74) is 3.35. The van der Waals surface area contributed by atoms with E-state index < -0.39 is 0 Å². The number of halogens is 1. The molecule has 0 saturated heterocycles. The normalized spacial score (nSPS) is 10.2. The van der Waals surface area contributed by atoms with Crippen molar-refractivity contribution in [3.8, 4) is 0 Å². The van der Waals surface area contributed by atoms with E-state index in [4.69, 9.17) is 0 Å². The zero-order valence-corrected chi connectivity index (χ0v) is 14.4. The van der Waals surface area contributed by atoms with Crippen LogP contribution in [0.3, 0.4) is 0 Å². The van der Waals surface area contributed by atoms with E-state index in [1.807, 2.05) is 25.1 Å². The van der Waals surface area contributed by atoms with Gasteiger partial charge in [0.25, 0.3) is 0 Å². The second-order valence-electron chi connectivity index (χ2n) is 5.74. The van der Waals surface area contributed by atoms with Crippen LogP contribution in [0.5, 0.6) is 0 Å². The summed E-state index contributed by atoms with van der Waals surface area (Å²) in [5.74, 6) is -0.543. The maximum absolute atomic E-state index is 12.8. The van der Waals surface area contributed by atoms with Gasteiger partial charge >= 0.3 is 0 Å². The highest BCUT2D eigenvalue weighted by Crippen LogP contribution is 2.22. The molecule has 0 aliphatic rings. The van der Waals surface area contributed by atoms with Gasteiger partial charge in [-0.3, -0.25) is 9.59 Å². The van der Waals surface area contributed by atoms with Crippen LogP contribution in [0.2, 0.25) is 0 Å². The fourth-order valence-corrected chi connectivity index (χ4v) is 2.39. The molecular formula is C19H22FN3O2. The van der Waals surface area contributed by atoms with E-state index in [2.05, 4.69) is 16.0 Å². The quantitative estimate of drug-likeness (QED) is 0.724. The lowest BCUT2D eigenvalue weighted by atomic mass is 10.1. The van der Waals surface area contributed by atoms with Gasteiger partial charge in [0.15, 0.2) is 0 Å². The predicted octanol–water partition coefficient (Wildman–Crippen LogP) is 2.86. The minimum Gasteiger partial charge on any atom is -0.376 e. The first-order valence-electron chi connectivity index (χ1n) is 8.08. The number of carbonyl (C=O) groups is 2. The third kappa shape index (κ3) is 5.91. The van der Waals surface area contributed by atoms with Gasteiger partial charge in [0, 0.05) is 24.8 Å². The van der Waals surface area contributed by atoms with Crippen molar-refractivity contribution in [1.29, 1.82) is 0 Å². The summed E-state index contributed by atoms with van der Waals surface area (Å²) in [7, 11) is 0. The molecule has 0 aliphatic carbocycles. The second-order valence-corrected chi connectivity index (χ2v) is 5.74. The Morgan fingerprint density at radius 1 is 1.04 bits per heavy atom. The van der Waals surface area contributed by atoms with Crippen LogP contribution in [0.1, 0.15) is 18.1 Å². The Hall–Kier alpha value is -2.89. The number of amides is 2. The lowest BCUT2D eigenvalue weighted by Crippen LogP contribution is -2.31. The molecule has 0 fully saturated rings. The number of hydrogen-bond acceptors (Lipinski definition) is 3. The minimum absolute atomic E-state index is 0.133. The van der Waals surface area contributed by atoms with Crippen LogP contribution in [-0.4, -0.2) is 24.9 Å². The highest BCUT2D eigenvalue weighted by Gasteiger charge is 2.07. The fourth-order valence-electron chi connectivity index (χ4n) is 2.39. The standard InChI is InChI=1S/C19H22FN3O2/c1-13-17(4-3-5-18(13)23-14(2)24)22-12-19(25)21-11-10-15-6-8-16(20)9-7-15/h3-9,22H,10-12H2,1-2H3,(H,21,25)(H,23,24). The molecule has 2 aromatic carbocycles. The van der Waals surface area contributed by atoms with E-state index in [-0.39, 0.29) is 24.2 Å². The van der Waals surface area contributed by atoms with Gasteiger partial charge in [-0.1, -0.05) is 18.2 Å². The van der Waals surface area contributed by atoms with Crippen molar-refractivity contribution in [3.63, 3.8) is 0 Å². The van der Waals surface area contributed by atoms with E-state index in [0.29, 0.717) is 18.7 Å². The van der Waals surface area contributed by atoms with Crippen molar-refractivity contribution in [2.75, 3.05) is 23.7 Å². The SMILES string of the molecule is CC(=O)Nc1cccc(NCC(=O)NCCc2ccc(F)cc2)c1C. The molecule has 6 heteroatoms. The number of carbonyl (C=O) groups excluding carboxylic acids is 2. The molecule has 132 valence electrons. The van der Waals surface area contributed by atoms with Gasteiger partial charge in [-0.25, -0.2) is 4.39 Å². The zero-order chi connectivity index (χ0) is 18.2. The lowest BCUT2D eigenvalue weighted by molar-refractivity contribution is -0.119. The smallest absolute Gasteiger partial charge is 0.239 e. The molecule has 2 amide bonds. The molecule has 25 heavy (non-hydrogen) atoms. The van der Waals surface area contributed by atoms with Gasteiger partial charge in [-0.05, 0) is 48.7 Å². The summed E-state index contributed by atoms with van der Waals surface area (Å²) >= 11 is 0. The monoisotopic (exact) mass is 343 g/mol. The average Bonchev–Trinajstić information content (AvgIpc) is 2.57. The molecule has 0 aromatic heterocycles. The van der Waals surface area contributed by atoms with Gasteiger partial charge in [0.2, 0.25) is 11.8 Å². The molecule has 0 radical (unpaired) electrons. The molecule has 0 bridgehead atoms. The maximum atomic E-state index is 12.8. The minimum atomic E-state index is -0.270. The van der Waals surface area contributed by atoms with Gasteiger partial charge in [0.1, 0.15) is 5.82 Å². The van der Waals surface area contributed by atoms with Crippen LogP contribution in [0, 0.1) is 12.7 Å². The van der Waals surface area contributed by atoms with Crippen molar-refractivity contribution in [1.82, 2.24) is 5.32 Å². The van der Waals surface area contributed by atoms with Crippen molar-refractivity contribution in [2.45, 2.75) is 20.3 Å². The first kappa shape index (κ1) is 18.4. The van der Waals surface area contributed by atoms with Crippen molar-refractivity contribution in [3.05, 3.63) is 59.4 Å². The van der Waals surface area contributed by atoms with Crippen molar-refractivity contribution < 1.29 is 14.0 Å². The molecule has 3 N–H and O–H groups in total. The topological polar surface area (TPSA) is 70.2 Å². The number of benzene rings is 2. The van der Waals surface area contributed by atoms with Gasteiger partial charge in [-0.2, -0.15) is 0 Å². The van der Waals surface area contributed by atoms with Gasteiger partial charge < -0.3 is 16.0 Å². The van der Waals surface area contributed by atoms with E-state index in [1.165, 1.54) is 19.1 Å². The van der Waals surface area contributed by atoms with E-state index in [1.54, 1.807) is 12.1 Å². The Labute approximate surface area is 146 Å². The van der Waals surface area contributed by atoms with Crippen LogP contribution in [0.4, 0.5) is 15.8 Å². The predicted molar refractivity (Wildman–Crippen MR) is 97.1 cm³/mol. The molecule has 0 saturated carbocycles. The number of nitrogens with one attached hydrogen (secondary N) is 3. The average molecular weight is 343 g/mol. The zero-order valence-electron chi connectivity index (χ0n) is 14.4. The van der Waals surface area contributed by atoms with Crippen LogP contribution in [-0.2, 0) is 16.0 Å². The van der Waals surface area contributed by atoms with Crippen LogP contribution >= 0.6 is 0 Å². The lowest BCUT2D eigenvalue weighted by Gasteiger charge is -2.13. The summed E-state index contributed by atoms with van der Waals surface area (Å²) in [6, 6.07) is 11.7. The summed E-state index contributed by atoms with van der Waals surface area (Å²) in [5, 5.41) is 8.64. The number of hydrogen-bond donors (Lipinski definition) is 3. The maximum Gasteiger partial charge on any atom is 0.239 e. The van der Waals surface area contributed by atoms with Crippen LogP contribution < -0.4 is 16.0 Å². The number of anilines is 2. The van der Waals surface area contributed by atoms with Gasteiger partial charge in [-0.15, -0.1) is 0 Å². The third-order valence-electron chi connectivity index (χ3n) is 3.73. The Kier molecular flexibility index (Phi) is 6.51. The Balaban J connectivity index is 1.79. The number of rotatable bonds is 7. The molecule has 5 nitrogen and oxygen atoms in total. The van der Waals surface area contributed by atoms with E-state index in [9.17, 15) is 14.0 Å². The summed E-state index contributed by atoms with van der Waals surface area (Å²) in [6.07, 6.45) is 0.642.